The van der Waals surface area contributed by atoms with Gasteiger partial charge >= 0.3 is 0 Å². The van der Waals surface area contributed by atoms with Crippen molar-refractivity contribution in [2.24, 2.45) is 7.05 Å². The number of anilines is 1. The standard InChI is InChI=1S/C11H11Br2N3O2/c1-16-5-8(14)11(15-16)18-10-4-6(12)9(17-2)3-7(10)13/h3-5H,14H2,1-2H3. The molecule has 0 spiro atoms. The molecule has 0 unspecified atom stereocenters. The van der Waals surface area contributed by atoms with E-state index in [4.69, 9.17) is 15.2 Å². The summed E-state index contributed by atoms with van der Waals surface area (Å²) in [6, 6.07) is 3.59. The number of hydrogen-bond donors (Lipinski definition) is 1. The predicted octanol–water partition coefficient (Wildman–Crippen LogP) is 3.33. The van der Waals surface area contributed by atoms with Gasteiger partial charge in [-0.2, -0.15) is 0 Å². The number of benzene rings is 1. The first-order chi connectivity index (χ1) is 8.51. The topological polar surface area (TPSA) is 62.3 Å². The SMILES string of the molecule is COc1cc(Br)c(Oc2nn(C)cc2N)cc1Br. The monoisotopic (exact) mass is 375 g/mol. The van der Waals surface area contributed by atoms with E-state index in [0.29, 0.717) is 23.1 Å². The summed E-state index contributed by atoms with van der Waals surface area (Å²) in [7, 11) is 3.38. The minimum absolute atomic E-state index is 0.371. The highest BCUT2D eigenvalue weighted by Gasteiger charge is 2.12. The first kappa shape index (κ1) is 13.2. The van der Waals surface area contributed by atoms with E-state index in [1.54, 1.807) is 37.2 Å². The van der Waals surface area contributed by atoms with Crippen LogP contribution in [0.3, 0.4) is 0 Å². The molecule has 0 aliphatic heterocycles. The summed E-state index contributed by atoms with van der Waals surface area (Å²) < 4.78 is 14.0. The molecule has 7 heteroatoms. The Hall–Kier alpha value is -1.21. The largest absolute Gasteiger partial charge is 0.496 e. The van der Waals surface area contributed by atoms with Crippen molar-refractivity contribution in [1.82, 2.24) is 9.78 Å². The zero-order chi connectivity index (χ0) is 13.3. The molecule has 5 nitrogen and oxygen atoms in total. The molecule has 2 aromatic rings. The molecule has 0 aliphatic rings. The van der Waals surface area contributed by atoms with Crippen molar-refractivity contribution < 1.29 is 9.47 Å². The maximum atomic E-state index is 5.77. The van der Waals surface area contributed by atoms with Crippen LogP contribution in [0.1, 0.15) is 0 Å². The molecule has 1 aromatic heterocycles. The number of methoxy groups -OCH3 is 1. The average molecular weight is 377 g/mol. The number of rotatable bonds is 3. The molecule has 1 heterocycles. The van der Waals surface area contributed by atoms with Crippen molar-refractivity contribution in [2.45, 2.75) is 0 Å². The van der Waals surface area contributed by atoms with E-state index >= 15 is 0 Å². The Morgan fingerprint density at radius 2 is 1.83 bits per heavy atom. The van der Waals surface area contributed by atoms with Gasteiger partial charge in [0.1, 0.15) is 17.2 Å². The van der Waals surface area contributed by atoms with Crippen LogP contribution >= 0.6 is 31.9 Å². The van der Waals surface area contributed by atoms with Gasteiger partial charge in [-0.15, -0.1) is 5.10 Å². The molecule has 0 saturated carbocycles. The first-order valence-electron chi connectivity index (χ1n) is 5.01. The van der Waals surface area contributed by atoms with Crippen LogP contribution in [0.25, 0.3) is 0 Å². The summed E-state index contributed by atoms with van der Waals surface area (Å²) in [6.07, 6.45) is 1.68. The van der Waals surface area contributed by atoms with Crippen LogP contribution in [0, 0.1) is 0 Å². The molecule has 0 fully saturated rings. The molecule has 1 aromatic carbocycles. The average Bonchev–Trinajstić information content (AvgIpc) is 2.62. The zero-order valence-corrected chi connectivity index (χ0v) is 12.9. The Morgan fingerprint density at radius 3 is 2.39 bits per heavy atom. The Kier molecular flexibility index (Phi) is 3.82. The van der Waals surface area contributed by atoms with Crippen molar-refractivity contribution in [2.75, 3.05) is 12.8 Å². The van der Waals surface area contributed by atoms with Gasteiger partial charge in [0.15, 0.2) is 0 Å². The second-order valence-electron chi connectivity index (χ2n) is 3.58. The maximum Gasteiger partial charge on any atom is 0.261 e. The highest BCUT2D eigenvalue weighted by atomic mass is 79.9. The zero-order valence-electron chi connectivity index (χ0n) is 9.78. The van der Waals surface area contributed by atoms with Crippen molar-refractivity contribution in [3.05, 3.63) is 27.3 Å². The number of nitrogens with zero attached hydrogens (tertiary/aromatic N) is 2. The first-order valence-corrected chi connectivity index (χ1v) is 6.60. The third-order valence-electron chi connectivity index (χ3n) is 2.23. The van der Waals surface area contributed by atoms with Crippen LogP contribution < -0.4 is 15.2 Å². The van der Waals surface area contributed by atoms with Gasteiger partial charge in [-0.3, -0.25) is 4.68 Å². The van der Waals surface area contributed by atoms with Gasteiger partial charge in [-0.05, 0) is 44.0 Å². The van der Waals surface area contributed by atoms with E-state index in [1.807, 2.05) is 0 Å². The van der Waals surface area contributed by atoms with Gasteiger partial charge in [0.2, 0.25) is 0 Å². The Balaban J connectivity index is 2.35. The number of halogens is 2. The fourth-order valence-electron chi connectivity index (χ4n) is 1.41. The number of aromatic nitrogens is 2. The number of hydrogen-bond acceptors (Lipinski definition) is 4. The van der Waals surface area contributed by atoms with Crippen LogP contribution in [0.5, 0.6) is 17.4 Å². The lowest BCUT2D eigenvalue weighted by Crippen LogP contribution is -1.93. The summed E-state index contributed by atoms with van der Waals surface area (Å²) in [5, 5.41) is 4.12. The molecule has 0 amide bonds. The molecular weight excluding hydrogens is 366 g/mol. The molecule has 0 saturated heterocycles. The lowest BCUT2D eigenvalue weighted by Gasteiger charge is -2.09. The van der Waals surface area contributed by atoms with E-state index in [1.165, 1.54) is 0 Å². The minimum atomic E-state index is 0.371. The van der Waals surface area contributed by atoms with Gasteiger partial charge in [-0.25, -0.2) is 0 Å². The summed E-state index contributed by atoms with van der Waals surface area (Å²) >= 11 is 6.81. The molecule has 2 rings (SSSR count). The highest BCUT2D eigenvalue weighted by Crippen LogP contribution is 2.38. The van der Waals surface area contributed by atoms with E-state index in [2.05, 4.69) is 37.0 Å². The molecule has 0 radical (unpaired) electrons. The molecule has 0 atom stereocenters. The molecule has 0 bridgehead atoms. The third kappa shape index (κ3) is 2.62. The van der Waals surface area contributed by atoms with E-state index in [0.717, 1.165) is 8.95 Å². The minimum Gasteiger partial charge on any atom is -0.496 e. The number of nitrogen functional groups attached to an aromatic ring is 1. The van der Waals surface area contributed by atoms with Gasteiger partial charge < -0.3 is 15.2 Å². The Bertz CT molecular complexity index is 584. The normalized spacial score (nSPS) is 10.4. The summed E-state index contributed by atoms with van der Waals surface area (Å²) in [4.78, 5) is 0. The molecule has 18 heavy (non-hydrogen) atoms. The molecular formula is C11H11Br2N3O2. The molecule has 0 aliphatic carbocycles. The fourth-order valence-corrected chi connectivity index (χ4v) is 2.30. The predicted molar refractivity (Wildman–Crippen MR) is 76.1 cm³/mol. The van der Waals surface area contributed by atoms with E-state index in [9.17, 15) is 0 Å². The second-order valence-corrected chi connectivity index (χ2v) is 5.29. The highest BCUT2D eigenvalue weighted by molar-refractivity contribution is 9.11. The third-order valence-corrected chi connectivity index (χ3v) is 3.47. The van der Waals surface area contributed by atoms with E-state index in [-0.39, 0.29) is 0 Å². The summed E-state index contributed by atoms with van der Waals surface area (Å²) in [5.41, 5.74) is 6.26. The second kappa shape index (κ2) is 5.19. The van der Waals surface area contributed by atoms with Crippen molar-refractivity contribution in [1.29, 1.82) is 0 Å². The lowest BCUT2D eigenvalue weighted by atomic mass is 10.3. The van der Waals surface area contributed by atoms with Crippen molar-refractivity contribution in [3.63, 3.8) is 0 Å². The van der Waals surface area contributed by atoms with Crippen LogP contribution in [0.15, 0.2) is 27.3 Å². The Morgan fingerprint density at radius 1 is 1.22 bits per heavy atom. The van der Waals surface area contributed by atoms with Crippen LogP contribution in [-0.4, -0.2) is 16.9 Å². The number of ether oxygens (including phenoxy) is 2. The maximum absolute atomic E-state index is 5.77. The van der Waals surface area contributed by atoms with Crippen LogP contribution in [0.2, 0.25) is 0 Å². The smallest absolute Gasteiger partial charge is 0.261 e. The van der Waals surface area contributed by atoms with Gasteiger partial charge in [0, 0.05) is 7.05 Å². The summed E-state index contributed by atoms with van der Waals surface area (Å²) in [6.45, 7) is 0. The van der Waals surface area contributed by atoms with Crippen LogP contribution in [-0.2, 0) is 7.05 Å². The number of nitrogens with two attached hydrogens (primary N) is 1. The van der Waals surface area contributed by atoms with E-state index < -0.39 is 0 Å². The molecule has 96 valence electrons. The van der Waals surface area contributed by atoms with Gasteiger partial charge in [0.25, 0.3) is 5.88 Å². The fraction of sp³-hybridized carbons (Fsp3) is 0.182. The van der Waals surface area contributed by atoms with Crippen molar-refractivity contribution in [3.8, 4) is 17.4 Å². The number of aryl methyl sites for hydroxylation is 1. The van der Waals surface area contributed by atoms with Gasteiger partial charge in [-0.1, -0.05) is 0 Å². The summed E-state index contributed by atoms with van der Waals surface area (Å²) in [5.74, 6) is 1.69. The molecule has 2 N–H and O–H groups in total. The quantitative estimate of drug-likeness (QED) is 0.892. The lowest BCUT2D eigenvalue weighted by molar-refractivity contribution is 0.408. The Labute approximate surface area is 121 Å². The van der Waals surface area contributed by atoms with Crippen molar-refractivity contribution >= 4 is 37.5 Å². The van der Waals surface area contributed by atoms with Crippen LogP contribution in [0.4, 0.5) is 5.69 Å². The van der Waals surface area contributed by atoms with Gasteiger partial charge in [0.05, 0.1) is 22.3 Å².